The Balaban J connectivity index is 2.19. The zero-order chi connectivity index (χ0) is 18.4. The smallest absolute Gasteiger partial charge is 0.109 e. The molecule has 0 N–H and O–H groups in total. The Morgan fingerprint density at radius 2 is 1.20 bits per heavy atom. The fourth-order valence-corrected chi connectivity index (χ4v) is 2.58. The molecule has 0 aromatic heterocycles. The van der Waals surface area contributed by atoms with E-state index in [-0.39, 0.29) is 17.7 Å². The molecule has 2 aromatic carbocycles. The maximum Gasteiger partial charge on any atom is 0.109 e. The van der Waals surface area contributed by atoms with E-state index < -0.39 is 0 Å². The zero-order valence-electron chi connectivity index (χ0n) is 16.3. The molecule has 2 unspecified atom stereocenters. The summed E-state index contributed by atoms with van der Waals surface area (Å²) >= 11 is 0. The fourth-order valence-electron chi connectivity index (χ4n) is 2.58. The van der Waals surface area contributed by atoms with Crippen molar-refractivity contribution in [2.75, 3.05) is 0 Å². The van der Waals surface area contributed by atoms with Crippen LogP contribution in [0.4, 0.5) is 0 Å². The second kappa shape index (κ2) is 8.61. The molecule has 0 saturated heterocycles. The summed E-state index contributed by atoms with van der Waals surface area (Å²) in [6.45, 7) is 12.6. The number of nitrogens with zero attached hydrogens (tertiary/aromatic N) is 1. The minimum atomic E-state index is -0.287. The van der Waals surface area contributed by atoms with E-state index in [0.717, 1.165) is 11.1 Å². The van der Waals surface area contributed by atoms with Crippen LogP contribution in [-0.2, 0) is 9.68 Å². The first-order valence-corrected chi connectivity index (χ1v) is 9.02. The van der Waals surface area contributed by atoms with Crippen LogP contribution in [0.15, 0.2) is 60.7 Å². The summed E-state index contributed by atoms with van der Waals surface area (Å²) in [5.41, 5.74) is 1.99. The first-order chi connectivity index (χ1) is 11.8. The minimum Gasteiger partial charge on any atom is -0.266 e. The third-order valence-corrected chi connectivity index (χ3v) is 4.01. The van der Waals surface area contributed by atoms with Gasteiger partial charge in [-0.15, -0.1) is 0 Å². The predicted molar refractivity (Wildman–Crippen MR) is 103 cm³/mol. The molecule has 0 bridgehead atoms. The third kappa shape index (κ3) is 5.67. The van der Waals surface area contributed by atoms with Crippen molar-refractivity contribution < 1.29 is 9.68 Å². The minimum absolute atomic E-state index is 0.0663. The van der Waals surface area contributed by atoms with Crippen molar-refractivity contribution in [1.29, 1.82) is 0 Å². The summed E-state index contributed by atoms with van der Waals surface area (Å²) in [6.07, 6.45) is -0.160. The molecule has 0 aliphatic rings. The highest BCUT2D eigenvalue weighted by atomic mass is 17.0. The maximum atomic E-state index is 6.37. The van der Waals surface area contributed by atoms with E-state index >= 15 is 0 Å². The predicted octanol–water partition coefficient (Wildman–Crippen LogP) is 6.11. The quantitative estimate of drug-likeness (QED) is 0.567. The third-order valence-electron chi connectivity index (χ3n) is 4.01. The van der Waals surface area contributed by atoms with Gasteiger partial charge in [-0.3, -0.25) is 9.68 Å². The molecule has 0 radical (unpaired) electrons. The van der Waals surface area contributed by atoms with Crippen LogP contribution in [0.3, 0.4) is 0 Å². The number of rotatable bonds is 7. The number of hydrogen-bond donors (Lipinski definition) is 0. The normalized spacial score (nSPS) is 14.7. The second-order valence-corrected chi connectivity index (χ2v) is 7.77. The summed E-state index contributed by atoms with van der Waals surface area (Å²) < 4.78 is 0. The van der Waals surface area contributed by atoms with Crippen LogP contribution in [0.25, 0.3) is 0 Å². The Kier molecular flexibility index (Phi) is 6.77. The Morgan fingerprint density at radius 3 is 1.64 bits per heavy atom. The van der Waals surface area contributed by atoms with E-state index in [1.54, 1.807) is 5.23 Å². The molecule has 2 aromatic rings. The lowest BCUT2D eigenvalue weighted by Gasteiger charge is -2.38. The Hall–Kier alpha value is -1.68. The van der Waals surface area contributed by atoms with Crippen molar-refractivity contribution in [3.8, 4) is 0 Å². The van der Waals surface area contributed by atoms with Gasteiger partial charge in [-0.1, -0.05) is 79.7 Å². The summed E-state index contributed by atoms with van der Waals surface area (Å²) in [4.78, 5) is 12.6. The lowest BCUT2D eigenvalue weighted by Crippen LogP contribution is -2.43. The van der Waals surface area contributed by atoms with E-state index in [1.807, 2.05) is 43.3 Å². The molecule has 2 atom stereocenters. The number of benzene rings is 2. The van der Waals surface area contributed by atoms with Crippen molar-refractivity contribution in [1.82, 2.24) is 5.23 Å². The fraction of sp³-hybridized carbons (Fsp3) is 0.455. The highest BCUT2D eigenvalue weighted by Gasteiger charge is 2.31. The molecular weight excluding hydrogens is 310 g/mol. The van der Waals surface area contributed by atoms with Gasteiger partial charge >= 0.3 is 0 Å². The standard InChI is InChI=1S/C22H31NO2/c1-17(2)21(20-15-11-8-12-16-20)25-23(22(4,5)6)24-18(3)19-13-9-7-10-14-19/h7-18,21H,1-6H3. The van der Waals surface area contributed by atoms with Crippen molar-refractivity contribution in [3.05, 3.63) is 71.8 Å². The van der Waals surface area contributed by atoms with Gasteiger partial charge in [0.2, 0.25) is 0 Å². The number of hydroxylamine groups is 2. The molecule has 0 spiro atoms. The molecule has 2 rings (SSSR count). The van der Waals surface area contributed by atoms with E-state index in [1.165, 1.54) is 0 Å². The van der Waals surface area contributed by atoms with Gasteiger partial charge < -0.3 is 0 Å². The van der Waals surface area contributed by atoms with E-state index in [2.05, 4.69) is 58.9 Å². The maximum absolute atomic E-state index is 6.37. The first kappa shape index (κ1) is 19.6. The SMILES string of the molecule is CC(ON(OC(c1ccccc1)C(C)C)C(C)(C)C)c1ccccc1. The van der Waals surface area contributed by atoms with Gasteiger partial charge in [0.05, 0.1) is 5.54 Å². The van der Waals surface area contributed by atoms with Crippen LogP contribution in [-0.4, -0.2) is 10.8 Å². The van der Waals surface area contributed by atoms with Gasteiger partial charge in [0.25, 0.3) is 0 Å². The Bertz CT molecular complexity index is 619. The van der Waals surface area contributed by atoms with Crippen molar-refractivity contribution >= 4 is 0 Å². The molecule has 25 heavy (non-hydrogen) atoms. The van der Waals surface area contributed by atoms with Crippen LogP contribution in [0.1, 0.15) is 64.9 Å². The van der Waals surface area contributed by atoms with Crippen LogP contribution < -0.4 is 0 Å². The first-order valence-electron chi connectivity index (χ1n) is 9.02. The molecule has 0 aliphatic heterocycles. The lowest BCUT2D eigenvalue weighted by molar-refractivity contribution is -0.441. The van der Waals surface area contributed by atoms with Gasteiger partial charge in [0, 0.05) is 0 Å². The van der Waals surface area contributed by atoms with Crippen LogP contribution in [0.5, 0.6) is 0 Å². The average Bonchev–Trinajstić information content (AvgIpc) is 2.58. The van der Waals surface area contributed by atoms with Gasteiger partial charge in [0.1, 0.15) is 12.2 Å². The van der Waals surface area contributed by atoms with Crippen molar-refractivity contribution in [2.45, 2.75) is 59.3 Å². The molecule has 136 valence electrons. The molecule has 0 fully saturated rings. The van der Waals surface area contributed by atoms with E-state index in [4.69, 9.17) is 9.68 Å². The van der Waals surface area contributed by atoms with Gasteiger partial charge in [-0.2, -0.15) is 0 Å². The molecule has 3 nitrogen and oxygen atoms in total. The topological polar surface area (TPSA) is 21.7 Å². The zero-order valence-corrected chi connectivity index (χ0v) is 16.3. The largest absolute Gasteiger partial charge is 0.266 e. The van der Waals surface area contributed by atoms with Crippen LogP contribution in [0, 0.1) is 5.92 Å². The number of hydrogen-bond acceptors (Lipinski definition) is 3. The van der Waals surface area contributed by atoms with Crippen molar-refractivity contribution in [3.63, 3.8) is 0 Å². The molecular formula is C22H31NO2. The van der Waals surface area contributed by atoms with Crippen molar-refractivity contribution in [2.24, 2.45) is 5.92 Å². The monoisotopic (exact) mass is 341 g/mol. The molecule has 0 saturated carbocycles. The van der Waals surface area contributed by atoms with Gasteiger partial charge in [-0.05, 0) is 44.7 Å². The average molecular weight is 341 g/mol. The van der Waals surface area contributed by atoms with Gasteiger partial charge in [0.15, 0.2) is 0 Å². The molecule has 3 heteroatoms. The van der Waals surface area contributed by atoms with E-state index in [9.17, 15) is 0 Å². The highest BCUT2D eigenvalue weighted by molar-refractivity contribution is 5.18. The lowest BCUT2D eigenvalue weighted by atomic mass is 9.99. The molecule has 0 heterocycles. The Labute approximate surface area is 152 Å². The molecule has 0 amide bonds. The summed E-state index contributed by atoms with van der Waals surface area (Å²) in [6, 6.07) is 20.5. The van der Waals surface area contributed by atoms with Crippen LogP contribution in [0.2, 0.25) is 0 Å². The second-order valence-electron chi connectivity index (χ2n) is 7.77. The van der Waals surface area contributed by atoms with E-state index in [0.29, 0.717) is 5.92 Å². The summed E-state index contributed by atoms with van der Waals surface area (Å²) in [7, 11) is 0. The Morgan fingerprint density at radius 1 is 0.720 bits per heavy atom. The van der Waals surface area contributed by atoms with Crippen LogP contribution >= 0.6 is 0 Å². The summed E-state index contributed by atoms with van der Waals surface area (Å²) in [5.74, 6) is 0.322. The summed E-state index contributed by atoms with van der Waals surface area (Å²) in [5, 5.41) is 1.67. The van der Waals surface area contributed by atoms with Gasteiger partial charge in [-0.25, -0.2) is 0 Å². The molecule has 0 aliphatic carbocycles. The highest BCUT2D eigenvalue weighted by Crippen LogP contribution is 2.32.